The summed E-state index contributed by atoms with van der Waals surface area (Å²) in [5, 5.41) is 0. The molecular weight excluding hydrogens is 233 g/mol. The van der Waals surface area contributed by atoms with Crippen molar-refractivity contribution in [2.24, 2.45) is 0 Å². The van der Waals surface area contributed by atoms with Crippen LogP contribution in [0, 0.1) is 0 Å². The molecule has 1 aliphatic heterocycles. The number of ether oxygens (including phenoxy) is 1. The van der Waals surface area contributed by atoms with Crippen molar-refractivity contribution >= 4 is 24.2 Å². The molecule has 0 fully saturated rings. The fourth-order valence-electron chi connectivity index (χ4n) is 1.58. The van der Waals surface area contributed by atoms with Gasteiger partial charge < -0.3 is 0 Å². The van der Waals surface area contributed by atoms with E-state index in [1.54, 1.807) is 0 Å². The van der Waals surface area contributed by atoms with Crippen LogP contribution < -0.4 is 13.5 Å². The van der Waals surface area contributed by atoms with Crippen molar-refractivity contribution in [2.75, 3.05) is 0 Å². The van der Waals surface area contributed by atoms with Gasteiger partial charge >= 0.3 is 89.0 Å². The molecule has 0 spiro atoms. The first kappa shape index (κ1) is 8.12. The predicted octanol–water partition coefficient (Wildman–Crippen LogP) is 1.45. The van der Waals surface area contributed by atoms with Gasteiger partial charge in [0.15, 0.2) is 0 Å². The SMILES string of the molecule is c1cc[c]2c(c1)Oc1cccc[c]1[Ge]2. The third-order valence-corrected chi connectivity index (χ3v) is 5.13. The molecule has 0 unspecified atom stereocenters. The molecule has 0 aromatic heterocycles. The van der Waals surface area contributed by atoms with Crippen molar-refractivity contribution in [3.05, 3.63) is 48.5 Å². The van der Waals surface area contributed by atoms with Crippen LogP contribution in [-0.4, -0.2) is 15.4 Å². The second-order valence-electron chi connectivity index (χ2n) is 3.22. The van der Waals surface area contributed by atoms with Crippen LogP contribution in [0.5, 0.6) is 11.5 Å². The molecule has 0 amide bonds. The number of fused-ring (bicyclic) bond motifs is 2. The first-order chi connectivity index (χ1) is 6.93. The van der Waals surface area contributed by atoms with Crippen molar-refractivity contribution in [1.82, 2.24) is 0 Å². The van der Waals surface area contributed by atoms with Gasteiger partial charge in [0.05, 0.1) is 0 Å². The summed E-state index contributed by atoms with van der Waals surface area (Å²) in [7, 11) is 0. The van der Waals surface area contributed by atoms with Gasteiger partial charge in [0.1, 0.15) is 0 Å². The molecule has 0 N–H and O–H groups in total. The Morgan fingerprint density at radius 3 is 1.79 bits per heavy atom. The molecular formula is C12H8GeO. The number of rotatable bonds is 0. The maximum atomic E-state index is 5.81. The Labute approximate surface area is 89.2 Å². The standard InChI is InChI=1S/C12H8GeO/c1-3-7-11-9(5-1)13-10-6-2-4-8-12(10)14-11/h1-8H. The van der Waals surface area contributed by atoms with Crippen molar-refractivity contribution < 1.29 is 4.74 Å². The van der Waals surface area contributed by atoms with E-state index >= 15 is 0 Å². The number of para-hydroxylation sites is 2. The van der Waals surface area contributed by atoms with Crippen LogP contribution in [0.4, 0.5) is 0 Å². The Balaban J connectivity index is 2.12. The molecule has 14 heavy (non-hydrogen) atoms. The molecule has 0 atom stereocenters. The quantitative estimate of drug-likeness (QED) is 0.541. The Morgan fingerprint density at radius 2 is 1.21 bits per heavy atom. The van der Waals surface area contributed by atoms with Crippen LogP contribution in [0.25, 0.3) is 0 Å². The molecule has 0 saturated carbocycles. The number of benzene rings is 2. The maximum absolute atomic E-state index is 5.81. The summed E-state index contributed by atoms with van der Waals surface area (Å²) in [5.41, 5.74) is 0. The number of hydrogen-bond donors (Lipinski definition) is 0. The summed E-state index contributed by atoms with van der Waals surface area (Å²) >= 11 is -0.190. The average molecular weight is 241 g/mol. The van der Waals surface area contributed by atoms with E-state index in [1.807, 2.05) is 12.1 Å². The van der Waals surface area contributed by atoms with E-state index in [0.29, 0.717) is 0 Å². The fraction of sp³-hybridized carbons (Fsp3) is 0. The van der Waals surface area contributed by atoms with E-state index in [0.717, 1.165) is 11.5 Å². The summed E-state index contributed by atoms with van der Waals surface area (Å²) in [6.07, 6.45) is 0. The second kappa shape index (κ2) is 3.17. The van der Waals surface area contributed by atoms with Crippen LogP contribution in [0.1, 0.15) is 0 Å². The van der Waals surface area contributed by atoms with Crippen molar-refractivity contribution in [3.8, 4) is 11.5 Å². The van der Waals surface area contributed by atoms with Gasteiger partial charge in [-0.2, -0.15) is 0 Å². The van der Waals surface area contributed by atoms with Gasteiger partial charge in [0.25, 0.3) is 0 Å². The summed E-state index contributed by atoms with van der Waals surface area (Å²) in [4.78, 5) is 0. The predicted molar refractivity (Wildman–Crippen MR) is 58.0 cm³/mol. The fourth-order valence-corrected chi connectivity index (χ4v) is 4.02. The van der Waals surface area contributed by atoms with Gasteiger partial charge in [-0.1, -0.05) is 0 Å². The molecule has 1 nitrogen and oxygen atoms in total. The van der Waals surface area contributed by atoms with Gasteiger partial charge in [0.2, 0.25) is 0 Å². The zero-order valence-corrected chi connectivity index (χ0v) is 9.63. The van der Waals surface area contributed by atoms with Gasteiger partial charge in [-0.15, -0.1) is 0 Å². The van der Waals surface area contributed by atoms with Gasteiger partial charge in [0, 0.05) is 0 Å². The van der Waals surface area contributed by atoms with Crippen molar-refractivity contribution in [1.29, 1.82) is 0 Å². The van der Waals surface area contributed by atoms with Crippen molar-refractivity contribution in [3.63, 3.8) is 0 Å². The third-order valence-electron chi connectivity index (χ3n) is 2.26. The number of hydrogen-bond acceptors (Lipinski definition) is 1. The summed E-state index contributed by atoms with van der Waals surface area (Å²) in [6.45, 7) is 0. The molecule has 3 rings (SSSR count). The summed E-state index contributed by atoms with van der Waals surface area (Å²) in [5.74, 6) is 2.09. The minimum absolute atomic E-state index is 0.190. The molecule has 2 aromatic rings. The van der Waals surface area contributed by atoms with E-state index in [9.17, 15) is 0 Å². The van der Waals surface area contributed by atoms with Crippen LogP contribution in [0.2, 0.25) is 0 Å². The van der Waals surface area contributed by atoms with Gasteiger partial charge in [-0.05, 0) is 0 Å². The van der Waals surface area contributed by atoms with Gasteiger partial charge in [-0.3, -0.25) is 0 Å². The normalized spacial score (nSPS) is 12.6. The minimum atomic E-state index is -0.190. The Kier molecular flexibility index (Phi) is 1.84. The Hall–Kier alpha value is -1.22. The van der Waals surface area contributed by atoms with Crippen molar-refractivity contribution in [2.45, 2.75) is 0 Å². The molecule has 1 heterocycles. The van der Waals surface area contributed by atoms with E-state index in [-0.39, 0.29) is 15.4 Å². The molecule has 66 valence electrons. The van der Waals surface area contributed by atoms with E-state index in [1.165, 1.54) is 8.79 Å². The van der Waals surface area contributed by atoms with E-state index in [4.69, 9.17) is 4.74 Å². The topological polar surface area (TPSA) is 9.23 Å². The molecule has 2 aromatic carbocycles. The molecule has 0 aliphatic carbocycles. The average Bonchev–Trinajstić information content (AvgIpc) is 2.26. The summed E-state index contributed by atoms with van der Waals surface area (Å²) < 4.78 is 8.60. The van der Waals surface area contributed by atoms with E-state index < -0.39 is 0 Å². The second-order valence-corrected chi connectivity index (χ2v) is 6.00. The van der Waals surface area contributed by atoms with Gasteiger partial charge in [-0.25, -0.2) is 0 Å². The molecule has 2 heteroatoms. The monoisotopic (exact) mass is 242 g/mol. The zero-order chi connectivity index (χ0) is 9.38. The molecule has 1 aliphatic rings. The molecule has 2 radical (unpaired) electrons. The Morgan fingerprint density at radius 1 is 0.714 bits per heavy atom. The van der Waals surface area contributed by atoms with Crippen LogP contribution in [0.15, 0.2) is 48.5 Å². The first-order valence-corrected chi connectivity index (χ1v) is 6.66. The third kappa shape index (κ3) is 1.25. The molecule has 0 saturated heterocycles. The first-order valence-electron chi connectivity index (χ1n) is 4.56. The van der Waals surface area contributed by atoms with E-state index in [2.05, 4.69) is 36.4 Å². The summed E-state index contributed by atoms with van der Waals surface area (Å²) in [6, 6.07) is 16.7. The van der Waals surface area contributed by atoms with Crippen LogP contribution in [0.3, 0.4) is 0 Å². The van der Waals surface area contributed by atoms with Crippen LogP contribution in [-0.2, 0) is 0 Å². The van der Waals surface area contributed by atoms with Crippen LogP contribution >= 0.6 is 0 Å². The Bertz CT molecular complexity index is 392. The zero-order valence-electron chi connectivity index (χ0n) is 7.53. The molecule has 0 bridgehead atoms.